The Hall–Kier alpha value is -2.10. The average molecular weight is 240 g/mol. The fourth-order valence-electron chi connectivity index (χ4n) is 2.38. The molecule has 0 aliphatic heterocycles. The predicted octanol–water partition coefficient (Wildman–Crippen LogP) is 2.43. The second kappa shape index (κ2) is 3.98. The summed E-state index contributed by atoms with van der Waals surface area (Å²) in [6.07, 6.45) is 0. The molecule has 4 nitrogen and oxygen atoms in total. The van der Waals surface area contributed by atoms with Gasteiger partial charge in [-0.1, -0.05) is 18.2 Å². The number of aromatic nitrogens is 4. The zero-order valence-corrected chi connectivity index (χ0v) is 10.9. The molecule has 0 saturated carbocycles. The van der Waals surface area contributed by atoms with Gasteiger partial charge < -0.3 is 0 Å². The summed E-state index contributed by atoms with van der Waals surface area (Å²) in [5.41, 5.74) is 4.45. The summed E-state index contributed by atoms with van der Waals surface area (Å²) < 4.78 is 3.93. The Bertz CT molecular complexity index is 706. The van der Waals surface area contributed by atoms with Gasteiger partial charge in [-0.25, -0.2) is 0 Å². The van der Waals surface area contributed by atoms with E-state index >= 15 is 0 Å². The highest BCUT2D eigenvalue weighted by atomic mass is 15.3. The first-order valence-electron chi connectivity index (χ1n) is 6.07. The summed E-state index contributed by atoms with van der Waals surface area (Å²) in [5.74, 6) is 0. The van der Waals surface area contributed by atoms with Crippen LogP contribution in [-0.2, 0) is 13.6 Å². The maximum absolute atomic E-state index is 4.59. The minimum Gasteiger partial charge on any atom is -0.268 e. The smallest absolute Gasteiger partial charge is 0.0918 e. The molecular formula is C14H16N4. The largest absolute Gasteiger partial charge is 0.268 e. The first-order valence-corrected chi connectivity index (χ1v) is 6.07. The average Bonchev–Trinajstić information content (AvgIpc) is 2.82. The maximum atomic E-state index is 4.59. The Morgan fingerprint density at radius 2 is 1.89 bits per heavy atom. The normalized spacial score (nSPS) is 11.3. The highest BCUT2D eigenvalue weighted by Gasteiger charge is 2.10. The molecule has 3 aromatic rings. The third-order valence-electron chi connectivity index (χ3n) is 3.24. The van der Waals surface area contributed by atoms with Gasteiger partial charge in [0.05, 0.1) is 23.4 Å². The van der Waals surface area contributed by atoms with Gasteiger partial charge in [-0.3, -0.25) is 9.36 Å². The molecule has 1 aromatic carbocycles. The van der Waals surface area contributed by atoms with Crippen molar-refractivity contribution < 1.29 is 0 Å². The number of fused-ring (bicyclic) bond motifs is 1. The van der Waals surface area contributed by atoms with E-state index in [1.54, 1.807) is 0 Å². The lowest BCUT2D eigenvalue weighted by molar-refractivity contribution is 0.634. The van der Waals surface area contributed by atoms with Crippen LogP contribution in [0.2, 0.25) is 0 Å². The lowest BCUT2D eigenvalue weighted by Crippen LogP contribution is -2.05. The lowest BCUT2D eigenvalue weighted by Gasteiger charge is -2.01. The molecule has 0 aliphatic carbocycles. The standard InChI is InChI=1S/C14H16N4/c1-10-8-11(2)18(15-10)9-13-12-6-4-5-7-14(12)17(3)16-13/h4-8H,9H2,1-3H3. The van der Waals surface area contributed by atoms with E-state index in [2.05, 4.69) is 41.4 Å². The Labute approximate surface area is 106 Å². The van der Waals surface area contributed by atoms with Crippen LogP contribution in [0.3, 0.4) is 0 Å². The third kappa shape index (κ3) is 1.70. The fourth-order valence-corrected chi connectivity index (χ4v) is 2.38. The van der Waals surface area contributed by atoms with Crippen LogP contribution in [0.5, 0.6) is 0 Å². The van der Waals surface area contributed by atoms with E-state index in [0.29, 0.717) is 0 Å². The molecule has 18 heavy (non-hydrogen) atoms. The molecule has 0 saturated heterocycles. The zero-order chi connectivity index (χ0) is 12.7. The summed E-state index contributed by atoms with van der Waals surface area (Å²) in [5, 5.41) is 10.3. The highest BCUT2D eigenvalue weighted by Crippen LogP contribution is 2.18. The maximum Gasteiger partial charge on any atom is 0.0918 e. The molecule has 4 heteroatoms. The van der Waals surface area contributed by atoms with Crippen molar-refractivity contribution in [3.05, 3.63) is 47.4 Å². The molecule has 0 fully saturated rings. The summed E-state index contributed by atoms with van der Waals surface area (Å²) in [4.78, 5) is 0. The predicted molar refractivity (Wildman–Crippen MR) is 71.5 cm³/mol. The number of hydrogen-bond acceptors (Lipinski definition) is 2. The minimum atomic E-state index is 0.723. The van der Waals surface area contributed by atoms with Gasteiger partial charge in [0.25, 0.3) is 0 Å². The van der Waals surface area contributed by atoms with E-state index in [-0.39, 0.29) is 0 Å². The van der Waals surface area contributed by atoms with Crippen molar-refractivity contribution in [2.24, 2.45) is 7.05 Å². The number of hydrogen-bond donors (Lipinski definition) is 0. The van der Waals surface area contributed by atoms with Crippen molar-refractivity contribution >= 4 is 10.9 Å². The van der Waals surface area contributed by atoms with Crippen molar-refractivity contribution in [2.45, 2.75) is 20.4 Å². The molecular weight excluding hydrogens is 224 g/mol. The number of para-hydroxylation sites is 1. The third-order valence-corrected chi connectivity index (χ3v) is 3.24. The SMILES string of the molecule is Cc1cc(C)n(Cc2nn(C)c3ccccc23)n1. The van der Waals surface area contributed by atoms with Crippen LogP contribution in [-0.4, -0.2) is 19.6 Å². The summed E-state index contributed by atoms with van der Waals surface area (Å²) in [7, 11) is 1.98. The quantitative estimate of drug-likeness (QED) is 0.689. The van der Waals surface area contributed by atoms with E-state index in [0.717, 1.165) is 23.4 Å². The molecule has 0 amide bonds. The topological polar surface area (TPSA) is 35.6 Å². The Balaban J connectivity index is 2.08. The van der Waals surface area contributed by atoms with Crippen LogP contribution in [0.25, 0.3) is 10.9 Å². The van der Waals surface area contributed by atoms with Gasteiger partial charge in [0, 0.05) is 18.1 Å². The highest BCUT2D eigenvalue weighted by molar-refractivity contribution is 5.81. The molecule has 2 aromatic heterocycles. The van der Waals surface area contributed by atoms with Gasteiger partial charge >= 0.3 is 0 Å². The van der Waals surface area contributed by atoms with Crippen molar-refractivity contribution in [3.63, 3.8) is 0 Å². The van der Waals surface area contributed by atoms with Crippen LogP contribution in [0.4, 0.5) is 0 Å². The van der Waals surface area contributed by atoms with E-state index in [9.17, 15) is 0 Å². The lowest BCUT2D eigenvalue weighted by atomic mass is 10.2. The van der Waals surface area contributed by atoms with Gasteiger partial charge in [0.2, 0.25) is 0 Å². The Kier molecular flexibility index (Phi) is 2.44. The van der Waals surface area contributed by atoms with Crippen molar-refractivity contribution in [2.75, 3.05) is 0 Å². The molecule has 0 radical (unpaired) electrons. The molecule has 0 atom stereocenters. The summed E-state index contributed by atoms with van der Waals surface area (Å²) >= 11 is 0. The molecule has 0 aliphatic rings. The molecule has 0 N–H and O–H groups in total. The molecule has 3 rings (SSSR count). The number of nitrogens with zero attached hydrogens (tertiary/aromatic N) is 4. The molecule has 0 bridgehead atoms. The van der Waals surface area contributed by atoms with Crippen LogP contribution in [0, 0.1) is 13.8 Å². The zero-order valence-electron chi connectivity index (χ0n) is 10.9. The second-order valence-electron chi connectivity index (χ2n) is 4.67. The Morgan fingerprint density at radius 1 is 1.11 bits per heavy atom. The summed E-state index contributed by atoms with van der Waals surface area (Å²) in [6, 6.07) is 10.4. The molecule has 0 spiro atoms. The Morgan fingerprint density at radius 3 is 2.61 bits per heavy atom. The first kappa shape index (κ1) is 11.0. The van der Waals surface area contributed by atoms with Crippen LogP contribution in [0.1, 0.15) is 17.1 Å². The van der Waals surface area contributed by atoms with Crippen molar-refractivity contribution in [3.8, 4) is 0 Å². The minimum absolute atomic E-state index is 0.723. The summed E-state index contributed by atoms with van der Waals surface area (Å²) in [6.45, 7) is 4.81. The van der Waals surface area contributed by atoms with Crippen molar-refractivity contribution in [1.82, 2.24) is 19.6 Å². The second-order valence-corrected chi connectivity index (χ2v) is 4.67. The van der Waals surface area contributed by atoms with E-state index in [1.807, 2.05) is 29.4 Å². The molecule has 92 valence electrons. The monoisotopic (exact) mass is 240 g/mol. The van der Waals surface area contributed by atoms with Gasteiger partial charge in [-0.15, -0.1) is 0 Å². The molecule has 2 heterocycles. The van der Waals surface area contributed by atoms with Gasteiger partial charge in [0.15, 0.2) is 0 Å². The van der Waals surface area contributed by atoms with Crippen LogP contribution < -0.4 is 0 Å². The first-order chi connectivity index (χ1) is 8.65. The fraction of sp³-hybridized carbons (Fsp3) is 0.286. The van der Waals surface area contributed by atoms with Crippen molar-refractivity contribution in [1.29, 1.82) is 0 Å². The van der Waals surface area contributed by atoms with Gasteiger partial charge in [0.1, 0.15) is 0 Å². The van der Waals surface area contributed by atoms with Gasteiger partial charge in [-0.05, 0) is 26.0 Å². The molecule has 0 unspecified atom stereocenters. The number of aryl methyl sites for hydroxylation is 3. The number of benzene rings is 1. The van der Waals surface area contributed by atoms with Crippen LogP contribution >= 0.6 is 0 Å². The van der Waals surface area contributed by atoms with E-state index in [4.69, 9.17) is 0 Å². The van der Waals surface area contributed by atoms with Gasteiger partial charge in [-0.2, -0.15) is 10.2 Å². The van der Waals surface area contributed by atoms with E-state index in [1.165, 1.54) is 11.1 Å². The van der Waals surface area contributed by atoms with Crippen LogP contribution in [0.15, 0.2) is 30.3 Å². The van der Waals surface area contributed by atoms with E-state index < -0.39 is 0 Å². The number of rotatable bonds is 2.